The lowest BCUT2D eigenvalue weighted by Crippen LogP contribution is -2.40. The number of alkyl carbamates (subject to hydrolysis) is 1. The fourth-order valence-electron chi connectivity index (χ4n) is 2.46. The predicted molar refractivity (Wildman–Crippen MR) is 57.3 cm³/mol. The van der Waals surface area contributed by atoms with E-state index in [0.717, 1.165) is 6.42 Å². The Kier molecular flexibility index (Phi) is 2.41. The molecule has 15 heavy (non-hydrogen) atoms. The van der Waals surface area contributed by atoms with Gasteiger partial charge in [-0.25, -0.2) is 4.79 Å². The molecule has 0 radical (unpaired) electrons. The van der Waals surface area contributed by atoms with Gasteiger partial charge in [-0.15, -0.1) is 0 Å². The van der Waals surface area contributed by atoms with Crippen LogP contribution in [0.15, 0.2) is 0 Å². The maximum atomic E-state index is 11.5. The van der Waals surface area contributed by atoms with Crippen LogP contribution in [-0.2, 0) is 4.74 Å². The van der Waals surface area contributed by atoms with Gasteiger partial charge < -0.3 is 15.8 Å². The molecule has 2 rings (SSSR count). The summed E-state index contributed by atoms with van der Waals surface area (Å²) in [5, 5.41) is 2.92. The van der Waals surface area contributed by atoms with Gasteiger partial charge in [-0.3, -0.25) is 0 Å². The summed E-state index contributed by atoms with van der Waals surface area (Å²) in [4.78, 5) is 11.5. The van der Waals surface area contributed by atoms with Gasteiger partial charge in [-0.1, -0.05) is 0 Å². The average Bonchev–Trinajstić information content (AvgIpc) is 2.71. The molecule has 0 aromatic rings. The minimum atomic E-state index is -0.423. The van der Waals surface area contributed by atoms with E-state index in [2.05, 4.69) is 5.32 Å². The van der Waals surface area contributed by atoms with Crippen LogP contribution in [0.1, 0.15) is 33.6 Å². The second-order valence-electron chi connectivity index (χ2n) is 5.72. The standard InChI is InChI=1S/C11H20N2O2/c1-11(2,3)15-10(14)13-9-5-8(12)6-4-7(6)9/h6-9H,4-5,12H2,1-3H3,(H,13,14)/t6-,7+,8+,9-/m0/s1. The van der Waals surface area contributed by atoms with Gasteiger partial charge in [0, 0.05) is 12.1 Å². The third kappa shape index (κ3) is 2.43. The van der Waals surface area contributed by atoms with Crippen LogP contribution in [0.4, 0.5) is 4.79 Å². The molecule has 0 aromatic carbocycles. The lowest BCUT2D eigenvalue weighted by Gasteiger charge is -2.22. The van der Waals surface area contributed by atoms with E-state index in [1.807, 2.05) is 20.8 Å². The second kappa shape index (κ2) is 3.37. The Morgan fingerprint density at radius 2 is 2.00 bits per heavy atom. The van der Waals surface area contributed by atoms with Gasteiger partial charge in [0.15, 0.2) is 0 Å². The normalized spacial score (nSPS) is 38.4. The van der Waals surface area contributed by atoms with Crippen molar-refractivity contribution in [1.29, 1.82) is 0 Å². The Labute approximate surface area is 90.5 Å². The van der Waals surface area contributed by atoms with Crippen LogP contribution < -0.4 is 11.1 Å². The minimum absolute atomic E-state index is 0.236. The number of fused-ring (bicyclic) bond motifs is 1. The predicted octanol–water partition coefficient (Wildman–Crippen LogP) is 1.25. The molecule has 2 fully saturated rings. The van der Waals surface area contributed by atoms with Crippen LogP contribution in [0.5, 0.6) is 0 Å². The van der Waals surface area contributed by atoms with Gasteiger partial charge in [-0.2, -0.15) is 0 Å². The van der Waals surface area contributed by atoms with Crippen LogP contribution in [0.3, 0.4) is 0 Å². The first kappa shape index (κ1) is 10.7. The fourth-order valence-corrected chi connectivity index (χ4v) is 2.46. The number of nitrogens with two attached hydrogens (primary N) is 1. The van der Waals surface area contributed by atoms with E-state index in [4.69, 9.17) is 10.5 Å². The number of amides is 1. The first-order valence-corrected chi connectivity index (χ1v) is 5.62. The summed E-state index contributed by atoms with van der Waals surface area (Å²) < 4.78 is 5.21. The van der Waals surface area contributed by atoms with Crippen molar-refractivity contribution >= 4 is 6.09 Å². The number of carbonyl (C=O) groups is 1. The van der Waals surface area contributed by atoms with E-state index in [0.29, 0.717) is 11.8 Å². The van der Waals surface area contributed by atoms with Crippen molar-refractivity contribution in [2.75, 3.05) is 0 Å². The van der Waals surface area contributed by atoms with Crippen LogP contribution >= 0.6 is 0 Å². The first-order valence-electron chi connectivity index (χ1n) is 5.62. The molecule has 3 N–H and O–H groups in total. The highest BCUT2D eigenvalue weighted by Crippen LogP contribution is 2.51. The minimum Gasteiger partial charge on any atom is -0.444 e. The number of rotatable bonds is 1. The van der Waals surface area contributed by atoms with Gasteiger partial charge >= 0.3 is 6.09 Å². The van der Waals surface area contributed by atoms with Crippen molar-refractivity contribution in [3.8, 4) is 0 Å². The average molecular weight is 212 g/mol. The maximum Gasteiger partial charge on any atom is 0.407 e. The van der Waals surface area contributed by atoms with E-state index in [1.54, 1.807) is 0 Å². The number of hydrogen-bond acceptors (Lipinski definition) is 3. The Morgan fingerprint density at radius 1 is 1.33 bits per heavy atom. The molecule has 86 valence electrons. The van der Waals surface area contributed by atoms with Gasteiger partial charge in [0.1, 0.15) is 5.60 Å². The highest BCUT2D eigenvalue weighted by molar-refractivity contribution is 5.68. The lowest BCUT2D eigenvalue weighted by molar-refractivity contribution is 0.0499. The number of carbonyl (C=O) groups excluding carboxylic acids is 1. The van der Waals surface area contributed by atoms with E-state index >= 15 is 0 Å². The van der Waals surface area contributed by atoms with Crippen LogP contribution in [0, 0.1) is 11.8 Å². The Morgan fingerprint density at radius 3 is 2.40 bits per heavy atom. The summed E-state index contributed by atoms with van der Waals surface area (Å²) in [5.74, 6) is 1.25. The molecule has 2 aliphatic carbocycles. The van der Waals surface area contributed by atoms with Crippen molar-refractivity contribution in [2.24, 2.45) is 17.6 Å². The van der Waals surface area contributed by atoms with E-state index in [1.165, 1.54) is 6.42 Å². The lowest BCUT2D eigenvalue weighted by atomic mass is 10.1. The summed E-state index contributed by atoms with van der Waals surface area (Å²) >= 11 is 0. The fraction of sp³-hybridized carbons (Fsp3) is 0.909. The molecule has 4 nitrogen and oxygen atoms in total. The van der Waals surface area contributed by atoms with Gasteiger partial charge in [0.2, 0.25) is 0 Å². The summed E-state index contributed by atoms with van der Waals surface area (Å²) in [7, 11) is 0. The SMILES string of the molecule is CC(C)(C)OC(=O)N[C@H]1C[C@@H](N)[C@H]2C[C@H]21. The van der Waals surface area contributed by atoms with Gasteiger partial charge in [0.25, 0.3) is 0 Å². The van der Waals surface area contributed by atoms with Crippen molar-refractivity contribution < 1.29 is 9.53 Å². The molecule has 0 unspecified atom stereocenters. The number of hydrogen-bond donors (Lipinski definition) is 2. The van der Waals surface area contributed by atoms with Crippen molar-refractivity contribution in [3.05, 3.63) is 0 Å². The molecule has 0 bridgehead atoms. The van der Waals surface area contributed by atoms with E-state index in [-0.39, 0.29) is 18.2 Å². The molecule has 0 spiro atoms. The molecular weight excluding hydrogens is 192 g/mol. The van der Waals surface area contributed by atoms with Crippen molar-refractivity contribution in [1.82, 2.24) is 5.32 Å². The van der Waals surface area contributed by atoms with E-state index < -0.39 is 5.60 Å². The summed E-state index contributed by atoms with van der Waals surface area (Å²) in [6.45, 7) is 5.60. The van der Waals surface area contributed by atoms with Gasteiger partial charge in [-0.05, 0) is 45.4 Å². The quantitative estimate of drug-likeness (QED) is 0.687. The maximum absolute atomic E-state index is 11.5. The number of ether oxygens (including phenoxy) is 1. The smallest absolute Gasteiger partial charge is 0.407 e. The third-order valence-electron chi connectivity index (χ3n) is 3.19. The highest BCUT2D eigenvalue weighted by atomic mass is 16.6. The van der Waals surface area contributed by atoms with E-state index in [9.17, 15) is 4.79 Å². The molecule has 2 saturated carbocycles. The zero-order chi connectivity index (χ0) is 11.2. The molecule has 0 saturated heterocycles. The van der Waals surface area contributed by atoms with Crippen molar-refractivity contribution in [2.45, 2.75) is 51.3 Å². The van der Waals surface area contributed by atoms with Crippen LogP contribution in [0.25, 0.3) is 0 Å². The molecule has 0 aliphatic heterocycles. The molecule has 4 atom stereocenters. The zero-order valence-corrected chi connectivity index (χ0v) is 9.62. The summed E-state index contributed by atoms with van der Waals surface area (Å²) in [6, 6.07) is 0.509. The van der Waals surface area contributed by atoms with Crippen molar-refractivity contribution in [3.63, 3.8) is 0 Å². The molecular formula is C11H20N2O2. The topological polar surface area (TPSA) is 64.3 Å². The Hall–Kier alpha value is -0.770. The van der Waals surface area contributed by atoms with Gasteiger partial charge in [0.05, 0.1) is 0 Å². The first-order chi connectivity index (χ1) is 6.87. The molecule has 0 aromatic heterocycles. The molecule has 4 heteroatoms. The Bertz CT molecular complexity index is 272. The highest BCUT2D eigenvalue weighted by Gasteiger charge is 2.53. The van der Waals surface area contributed by atoms with Crippen LogP contribution in [-0.4, -0.2) is 23.8 Å². The second-order valence-corrected chi connectivity index (χ2v) is 5.72. The monoisotopic (exact) mass is 212 g/mol. The summed E-state index contributed by atoms with van der Waals surface area (Å²) in [6.07, 6.45) is 1.75. The van der Waals surface area contributed by atoms with Crippen LogP contribution in [0.2, 0.25) is 0 Å². The molecule has 1 amide bonds. The number of nitrogens with one attached hydrogen (secondary N) is 1. The zero-order valence-electron chi connectivity index (χ0n) is 9.62. The summed E-state index contributed by atoms with van der Waals surface area (Å²) in [5.41, 5.74) is 5.50. The third-order valence-corrected chi connectivity index (χ3v) is 3.19. The molecule has 0 heterocycles. The molecule has 2 aliphatic rings. The Balaban J connectivity index is 1.80. The largest absolute Gasteiger partial charge is 0.444 e.